The van der Waals surface area contributed by atoms with E-state index in [1.807, 2.05) is 24.3 Å². The van der Waals surface area contributed by atoms with Crippen molar-refractivity contribution in [2.75, 3.05) is 13.4 Å². The van der Waals surface area contributed by atoms with E-state index in [4.69, 9.17) is 18.6 Å². The average molecular weight is 394 g/mol. The summed E-state index contributed by atoms with van der Waals surface area (Å²) in [5, 5.41) is 0.748. The van der Waals surface area contributed by atoms with Gasteiger partial charge in [0, 0.05) is 17.5 Å². The van der Waals surface area contributed by atoms with Crippen molar-refractivity contribution >= 4 is 16.9 Å². The van der Waals surface area contributed by atoms with Gasteiger partial charge in [0.25, 0.3) is 0 Å². The van der Waals surface area contributed by atoms with Crippen molar-refractivity contribution in [1.29, 1.82) is 0 Å². The van der Waals surface area contributed by atoms with E-state index in [0.717, 1.165) is 35.6 Å². The fourth-order valence-corrected chi connectivity index (χ4v) is 2.66. The summed E-state index contributed by atoms with van der Waals surface area (Å²) < 4.78 is 21.2. The molecule has 0 fully saturated rings. The molecule has 3 rings (SSSR count). The zero-order valence-corrected chi connectivity index (χ0v) is 16.2. The summed E-state index contributed by atoms with van der Waals surface area (Å²) in [6.45, 7) is 5.83. The van der Waals surface area contributed by atoms with Gasteiger partial charge in [-0.05, 0) is 42.3 Å². The zero-order chi connectivity index (χ0) is 20.6. The van der Waals surface area contributed by atoms with Crippen LogP contribution in [0.3, 0.4) is 0 Å². The third kappa shape index (κ3) is 5.25. The number of unbranched alkanes of at least 4 members (excludes halogenated alkanes) is 1. The summed E-state index contributed by atoms with van der Waals surface area (Å²) in [5.41, 5.74) is 1.14. The summed E-state index contributed by atoms with van der Waals surface area (Å²) in [4.78, 5) is 23.5. The van der Waals surface area contributed by atoms with Gasteiger partial charge in [0.15, 0.2) is 0 Å². The van der Waals surface area contributed by atoms with Gasteiger partial charge in [0.05, 0.1) is 12.2 Å². The molecule has 6 nitrogen and oxygen atoms in total. The zero-order valence-electron chi connectivity index (χ0n) is 16.2. The Balaban J connectivity index is 1.77. The molecule has 0 N–H and O–H groups in total. The van der Waals surface area contributed by atoms with E-state index in [0.29, 0.717) is 23.5 Å². The quantitative estimate of drug-likeness (QED) is 0.172. The van der Waals surface area contributed by atoms with Crippen molar-refractivity contribution in [2.24, 2.45) is 0 Å². The highest BCUT2D eigenvalue weighted by Gasteiger charge is 2.09. The highest BCUT2D eigenvalue weighted by atomic mass is 16.7. The van der Waals surface area contributed by atoms with Gasteiger partial charge in [0.1, 0.15) is 17.1 Å². The fraction of sp³-hybridized carbons (Fsp3) is 0.217. The van der Waals surface area contributed by atoms with Crippen LogP contribution in [0.15, 0.2) is 70.4 Å². The van der Waals surface area contributed by atoms with Gasteiger partial charge in [-0.15, -0.1) is 0 Å². The van der Waals surface area contributed by atoms with Crippen LogP contribution in [-0.4, -0.2) is 19.4 Å². The molecule has 0 bridgehead atoms. The second kappa shape index (κ2) is 9.59. The highest BCUT2D eigenvalue weighted by Crippen LogP contribution is 2.26. The molecule has 0 saturated carbocycles. The van der Waals surface area contributed by atoms with Gasteiger partial charge in [-0.3, -0.25) is 0 Å². The molecule has 0 amide bonds. The molecule has 0 aliphatic heterocycles. The summed E-state index contributed by atoms with van der Waals surface area (Å²) in [6.07, 6.45) is 3.12. The maximum atomic E-state index is 12.5. The Morgan fingerprint density at radius 3 is 2.55 bits per heavy atom. The lowest BCUT2D eigenvalue weighted by Gasteiger charge is -2.08. The molecule has 3 aromatic rings. The van der Waals surface area contributed by atoms with E-state index in [1.54, 1.807) is 24.3 Å². The molecule has 0 radical (unpaired) electrons. The molecule has 0 saturated heterocycles. The number of esters is 1. The average Bonchev–Trinajstić information content (AvgIpc) is 2.74. The van der Waals surface area contributed by atoms with Gasteiger partial charge in [0.2, 0.25) is 6.79 Å². The predicted molar refractivity (Wildman–Crippen MR) is 110 cm³/mol. The standard InChI is InChI=1S/C23H22O6/c1-3-5-12-26-18-9-6-16(7-10-18)20-13-17-8-11-19(14-21(17)29-23(20)25)27-15-28-22(24)4-2/h4,6-11,13-14H,2-3,5,12,15H2,1H3. The molecule has 150 valence electrons. The Bertz CT molecular complexity index is 1050. The second-order valence-electron chi connectivity index (χ2n) is 6.30. The van der Waals surface area contributed by atoms with Gasteiger partial charge in [-0.1, -0.05) is 32.1 Å². The van der Waals surface area contributed by atoms with Crippen molar-refractivity contribution < 1.29 is 23.4 Å². The Kier molecular flexibility index (Phi) is 6.68. The van der Waals surface area contributed by atoms with Crippen LogP contribution >= 0.6 is 0 Å². The first-order chi connectivity index (χ1) is 14.1. The monoisotopic (exact) mass is 394 g/mol. The number of benzene rings is 2. The fourth-order valence-electron chi connectivity index (χ4n) is 2.66. The number of hydrogen-bond donors (Lipinski definition) is 0. The lowest BCUT2D eigenvalue weighted by molar-refractivity contribution is -0.144. The van der Waals surface area contributed by atoms with E-state index in [-0.39, 0.29) is 6.79 Å². The SMILES string of the molecule is C=CC(=O)OCOc1ccc2cc(-c3ccc(OCCCC)cc3)c(=O)oc2c1. The third-order valence-corrected chi connectivity index (χ3v) is 4.23. The van der Waals surface area contributed by atoms with Crippen LogP contribution in [0.4, 0.5) is 0 Å². The minimum Gasteiger partial charge on any atom is -0.494 e. The summed E-state index contributed by atoms with van der Waals surface area (Å²) in [5.74, 6) is 0.605. The van der Waals surface area contributed by atoms with Crippen LogP contribution in [0.1, 0.15) is 19.8 Å². The largest absolute Gasteiger partial charge is 0.494 e. The van der Waals surface area contributed by atoms with E-state index in [1.165, 1.54) is 0 Å². The minimum absolute atomic E-state index is 0.259. The molecule has 6 heteroatoms. The molecular weight excluding hydrogens is 372 g/mol. The van der Waals surface area contributed by atoms with Crippen LogP contribution in [0.25, 0.3) is 22.1 Å². The second-order valence-corrected chi connectivity index (χ2v) is 6.30. The number of carbonyl (C=O) groups is 1. The van der Waals surface area contributed by atoms with Gasteiger partial charge in [-0.2, -0.15) is 0 Å². The van der Waals surface area contributed by atoms with Crippen molar-refractivity contribution in [3.63, 3.8) is 0 Å². The van der Waals surface area contributed by atoms with Crippen LogP contribution in [-0.2, 0) is 9.53 Å². The number of rotatable bonds is 9. The number of ether oxygens (including phenoxy) is 3. The van der Waals surface area contributed by atoms with E-state index in [2.05, 4.69) is 13.5 Å². The van der Waals surface area contributed by atoms with Gasteiger partial charge >= 0.3 is 11.6 Å². The van der Waals surface area contributed by atoms with Crippen molar-refractivity contribution in [1.82, 2.24) is 0 Å². The number of carbonyl (C=O) groups excluding carboxylic acids is 1. The Hall–Kier alpha value is -3.54. The first-order valence-corrected chi connectivity index (χ1v) is 9.34. The van der Waals surface area contributed by atoms with Crippen LogP contribution in [0.2, 0.25) is 0 Å². The summed E-state index contributed by atoms with van der Waals surface area (Å²) >= 11 is 0. The minimum atomic E-state index is -0.580. The number of fused-ring (bicyclic) bond motifs is 1. The maximum Gasteiger partial charge on any atom is 0.344 e. The topological polar surface area (TPSA) is 75.0 Å². The van der Waals surface area contributed by atoms with Crippen LogP contribution in [0, 0.1) is 0 Å². The molecule has 0 aliphatic rings. The number of hydrogen-bond acceptors (Lipinski definition) is 6. The molecule has 0 atom stereocenters. The summed E-state index contributed by atoms with van der Waals surface area (Å²) in [6, 6.07) is 14.2. The lowest BCUT2D eigenvalue weighted by Crippen LogP contribution is -2.07. The van der Waals surface area contributed by atoms with Crippen molar-refractivity contribution in [3.05, 3.63) is 71.6 Å². The molecule has 29 heavy (non-hydrogen) atoms. The van der Waals surface area contributed by atoms with Gasteiger partial charge < -0.3 is 18.6 Å². The maximum absolute atomic E-state index is 12.5. The molecule has 0 spiro atoms. The normalized spacial score (nSPS) is 10.5. The molecule has 0 aliphatic carbocycles. The van der Waals surface area contributed by atoms with E-state index in [9.17, 15) is 9.59 Å². The van der Waals surface area contributed by atoms with Gasteiger partial charge in [-0.25, -0.2) is 9.59 Å². The van der Waals surface area contributed by atoms with Crippen molar-refractivity contribution in [3.8, 4) is 22.6 Å². The highest BCUT2D eigenvalue weighted by molar-refractivity contribution is 5.83. The van der Waals surface area contributed by atoms with E-state index >= 15 is 0 Å². The Morgan fingerprint density at radius 1 is 1.07 bits per heavy atom. The van der Waals surface area contributed by atoms with Crippen LogP contribution < -0.4 is 15.1 Å². The third-order valence-electron chi connectivity index (χ3n) is 4.23. The molecular formula is C23H22O6. The van der Waals surface area contributed by atoms with Crippen molar-refractivity contribution in [2.45, 2.75) is 19.8 Å². The predicted octanol–water partition coefficient (Wildman–Crippen LogP) is 4.70. The molecule has 1 heterocycles. The Morgan fingerprint density at radius 2 is 1.83 bits per heavy atom. The molecule has 1 aromatic heterocycles. The first kappa shape index (κ1) is 20.2. The Labute approximate surface area is 168 Å². The first-order valence-electron chi connectivity index (χ1n) is 9.34. The summed E-state index contributed by atoms with van der Waals surface area (Å²) in [7, 11) is 0. The van der Waals surface area contributed by atoms with E-state index < -0.39 is 11.6 Å². The van der Waals surface area contributed by atoms with Crippen LogP contribution in [0.5, 0.6) is 11.5 Å². The molecule has 2 aromatic carbocycles. The lowest BCUT2D eigenvalue weighted by atomic mass is 10.1. The molecule has 0 unspecified atom stereocenters. The smallest absolute Gasteiger partial charge is 0.344 e.